The number of aldehydes is 1. The Labute approximate surface area is 126 Å². The van der Waals surface area contributed by atoms with Crippen LogP contribution in [0.25, 0.3) is 21.5 Å². The first-order valence-electron chi connectivity index (χ1n) is 7.16. The van der Waals surface area contributed by atoms with Crippen molar-refractivity contribution in [2.45, 2.75) is 25.3 Å². The van der Waals surface area contributed by atoms with Gasteiger partial charge >= 0.3 is 0 Å². The van der Waals surface area contributed by atoms with E-state index < -0.39 is 0 Å². The minimum absolute atomic E-state index is 0.194. The molecule has 21 heavy (non-hydrogen) atoms. The van der Waals surface area contributed by atoms with Gasteiger partial charge in [0.15, 0.2) is 0 Å². The molecule has 0 amide bonds. The Hall–Kier alpha value is -2.01. The topological polar surface area (TPSA) is 47.8 Å². The molecule has 4 rings (SSSR count). The van der Waals surface area contributed by atoms with Crippen molar-refractivity contribution in [2.75, 3.05) is 0 Å². The molecule has 3 heterocycles. The molecule has 0 radical (unpaired) electrons. The average Bonchev–Trinajstić information content (AvgIpc) is 3.25. The van der Waals surface area contributed by atoms with Crippen molar-refractivity contribution in [1.82, 2.24) is 14.5 Å². The molecule has 0 aromatic carbocycles. The van der Waals surface area contributed by atoms with Crippen molar-refractivity contribution < 1.29 is 4.79 Å². The zero-order valence-electron chi connectivity index (χ0n) is 11.5. The fourth-order valence-electron chi connectivity index (χ4n) is 3.26. The predicted octanol–water partition coefficient (Wildman–Crippen LogP) is 3.70. The second-order valence-electron chi connectivity index (χ2n) is 5.55. The molecule has 0 aliphatic heterocycles. The molecule has 1 aliphatic rings. The van der Waals surface area contributed by atoms with Crippen LogP contribution in [0, 0.1) is 5.92 Å². The SMILES string of the molecule is O=C[C@@H]1CC[C@H](n2cc(-c3cccs3)c3cncnc32)C1. The van der Waals surface area contributed by atoms with Gasteiger partial charge in [-0.1, -0.05) is 6.07 Å². The van der Waals surface area contributed by atoms with Gasteiger partial charge < -0.3 is 9.36 Å². The summed E-state index contributed by atoms with van der Waals surface area (Å²) in [7, 11) is 0. The highest BCUT2D eigenvalue weighted by molar-refractivity contribution is 7.13. The summed E-state index contributed by atoms with van der Waals surface area (Å²) >= 11 is 1.73. The van der Waals surface area contributed by atoms with Crippen LogP contribution in [0.1, 0.15) is 25.3 Å². The first-order valence-corrected chi connectivity index (χ1v) is 8.04. The zero-order chi connectivity index (χ0) is 14.2. The molecule has 0 unspecified atom stereocenters. The molecule has 4 nitrogen and oxygen atoms in total. The number of nitrogens with zero attached hydrogens (tertiary/aromatic N) is 3. The van der Waals surface area contributed by atoms with Gasteiger partial charge in [0.05, 0.1) is 0 Å². The largest absolute Gasteiger partial charge is 0.329 e. The lowest BCUT2D eigenvalue weighted by atomic mass is 10.1. The second-order valence-corrected chi connectivity index (χ2v) is 6.50. The van der Waals surface area contributed by atoms with Gasteiger partial charge in [0.2, 0.25) is 0 Å². The zero-order valence-corrected chi connectivity index (χ0v) is 12.3. The average molecular weight is 297 g/mol. The van der Waals surface area contributed by atoms with E-state index in [1.54, 1.807) is 17.7 Å². The molecule has 1 fully saturated rings. The number of hydrogen-bond donors (Lipinski definition) is 0. The fraction of sp³-hybridized carbons (Fsp3) is 0.312. The minimum atomic E-state index is 0.194. The van der Waals surface area contributed by atoms with Gasteiger partial charge in [-0.25, -0.2) is 9.97 Å². The maximum absolute atomic E-state index is 11.0. The van der Waals surface area contributed by atoms with Gasteiger partial charge in [0, 0.05) is 40.2 Å². The second kappa shape index (κ2) is 5.07. The number of aromatic nitrogens is 3. The van der Waals surface area contributed by atoms with Crippen molar-refractivity contribution >= 4 is 28.7 Å². The monoisotopic (exact) mass is 297 g/mol. The lowest BCUT2D eigenvalue weighted by Crippen LogP contribution is -2.05. The van der Waals surface area contributed by atoms with E-state index in [1.807, 2.05) is 6.20 Å². The lowest BCUT2D eigenvalue weighted by Gasteiger charge is -2.12. The third-order valence-corrected chi connectivity index (χ3v) is 5.22. The van der Waals surface area contributed by atoms with Crippen molar-refractivity contribution in [2.24, 2.45) is 5.92 Å². The van der Waals surface area contributed by atoms with E-state index in [0.29, 0.717) is 6.04 Å². The summed E-state index contributed by atoms with van der Waals surface area (Å²) in [6.45, 7) is 0. The van der Waals surface area contributed by atoms with Crippen molar-refractivity contribution in [3.05, 3.63) is 36.2 Å². The van der Waals surface area contributed by atoms with E-state index in [-0.39, 0.29) is 5.92 Å². The van der Waals surface area contributed by atoms with E-state index in [0.717, 1.165) is 36.6 Å². The lowest BCUT2D eigenvalue weighted by molar-refractivity contribution is -0.110. The van der Waals surface area contributed by atoms with Gasteiger partial charge in [0.1, 0.15) is 18.3 Å². The number of rotatable bonds is 3. The van der Waals surface area contributed by atoms with Crippen LogP contribution in [-0.2, 0) is 4.79 Å². The molecule has 3 aromatic rings. The van der Waals surface area contributed by atoms with Crippen LogP contribution in [0.3, 0.4) is 0 Å². The highest BCUT2D eigenvalue weighted by Crippen LogP contribution is 2.39. The molecule has 1 saturated carbocycles. The van der Waals surface area contributed by atoms with Gasteiger partial charge in [-0.05, 0) is 30.7 Å². The van der Waals surface area contributed by atoms with Crippen LogP contribution >= 0.6 is 11.3 Å². The smallest absolute Gasteiger partial charge is 0.144 e. The third-order valence-electron chi connectivity index (χ3n) is 4.31. The van der Waals surface area contributed by atoms with Crippen LogP contribution in [0.2, 0.25) is 0 Å². The van der Waals surface area contributed by atoms with E-state index in [2.05, 4.69) is 38.2 Å². The number of fused-ring (bicyclic) bond motifs is 1. The van der Waals surface area contributed by atoms with E-state index >= 15 is 0 Å². The predicted molar refractivity (Wildman–Crippen MR) is 83.3 cm³/mol. The summed E-state index contributed by atoms with van der Waals surface area (Å²) in [4.78, 5) is 20.9. The van der Waals surface area contributed by atoms with Gasteiger partial charge in [-0.3, -0.25) is 0 Å². The number of thiophene rings is 1. The fourth-order valence-corrected chi connectivity index (χ4v) is 4.01. The molecule has 2 atom stereocenters. The highest BCUT2D eigenvalue weighted by Gasteiger charge is 2.27. The maximum atomic E-state index is 11.0. The van der Waals surface area contributed by atoms with Crippen molar-refractivity contribution in [3.8, 4) is 10.4 Å². The molecule has 0 bridgehead atoms. The molecule has 1 aliphatic carbocycles. The van der Waals surface area contributed by atoms with E-state index in [9.17, 15) is 4.79 Å². The Bertz CT molecular complexity index is 778. The molecule has 0 N–H and O–H groups in total. The first kappa shape index (κ1) is 12.7. The first-order chi connectivity index (χ1) is 10.4. The van der Waals surface area contributed by atoms with Crippen LogP contribution in [0.15, 0.2) is 36.2 Å². The van der Waals surface area contributed by atoms with Gasteiger partial charge in [-0.15, -0.1) is 11.3 Å². The van der Waals surface area contributed by atoms with Crippen molar-refractivity contribution in [3.63, 3.8) is 0 Å². The van der Waals surface area contributed by atoms with Crippen LogP contribution in [0.4, 0.5) is 0 Å². The number of carbonyl (C=O) groups excluding carboxylic acids is 1. The van der Waals surface area contributed by atoms with Crippen molar-refractivity contribution in [1.29, 1.82) is 0 Å². The van der Waals surface area contributed by atoms with E-state index in [1.165, 1.54) is 10.4 Å². The van der Waals surface area contributed by atoms with E-state index in [4.69, 9.17) is 0 Å². The number of hydrogen-bond acceptors (Lipinski definition) is 4. The Morgan fingerprint density at radius 1 is 1.38 bits per heavy atom. The summed E-state index contributed by atoms with van der Waals surface area (Å²) in [5, 5.41) is 3.18. The Morgan fingerprint density at radius 3 is 3.10 bits per heavy atom. The molecule has 0 saturated heterocycles. The maximum Gasteiger partial charge on any atom is 0.144 e. The Morgan fingerprint density at radius 2 is 2.33 bits per heavy atom. The normalized spacial score (nSPS) is 21.9. The summed E-state index contributed by atoms with van der Waals surface area (Å²) in [5.41, 5.74) is 2.17. The standard InChI is InChI=1S/C16H15N3OS/c20-9-11-3-4-12(6-11)19-8-14(15-2-1-5-21-15)13-7-17-10-18-16(13)19/h1-2,5,7-12H,3-4,6H2/t11-,12+/m1/s1. The van der Waals surface area contributed by atoms with Crippen LogP contribution < -0.4 is 0 Å². The van der Waals surface area contributed by atoms with Gasteiger partial charge in [-0.2, -0.15) is 0 Å². The Kier molecular flexibility index (Phi) is 3.07. The summed E-state index contributed by atoms with van der Waals surface area (Å²) in [6.07, 6.45) is 9.71. The number of carbonyl (C=O) groups is 1. The molecular weight excluding hydrogens is 282 g/mol. The quantitative estimate of drug-likeness (QED) is 0.693. The third kappa shape index (κ3) is 2.08. The minimum Gasteiger partial charge on any atom is -0.329 e. The molecule has 106 valence electrons. The summed E-state index contributed by atoms with van der Waals surface area (Å²) < 4.78 is 2.25. The Balaban J connectivity index is 1.85. The molecule has 5 heteroatoms. The molecular formula is C16H15N3OS. The molecule has 3 aromatic heterocycles. The molecule has 0 spiro atoms. The van der Waals surface area contributed by atoms with Crippen LogP contribution in [-0.4, -0.2) is 20.8 Å². The van der Waals surface area contributed by atoms with Crippen LogP contribution in [0.5, 0.6) is 0 Å². The van der Waals surface area contributed by atoms with Gasteiger partial charge in [0.25, 0.3) is 0 Å². The highest BCUT2D eigenvalue weighted by atomic mass is 32.1. The summed E-state index contributed by atoms with van der Waals surface area (Å²) in [6, 6.07) is 4.55. The summed E-state index contributed by atoms with van der Waals surface area (Å²) in [5.74, 6) is 0.194.